The molecule has 12 heteroatoms. The van der Waals surface area contributed by atoms with Gasteiger partial charge in [-0.1, -0.05) is 4.73 Å². The van der Waals surface area contributed by atoms with Gasteiger partial charge in [-0.2, -0.15) is 0 Å². The van der Waals surface area contributed by atoms with E-state index in [1.807, 2.05) is 0 Å². The predicted octanol–water partition coefficient (Wildman–Crippen LogP) is -1.86. The van der Waals surface area contributed by atoms with Gasteiger partial charge in [-0.3, -0.25) is 0 Å². The molecule has 0 bridgehead atoms. The van der Waals surface area contributed by atoms with Crippen molar-refractivity contribution in [1.82, 2.24) is 0 Å². The molecule has 0 radical (unpaired) electrons. The number of hydrogen-bond donors (Lipinski definition) is 5. The van der Waals surface area contributed by atoms with E-state index in [1.165, 1.54) is 0 Å². The van der Waals surface area contributed by atoms with Gasteiger partial charge in [0.25, 0.3) is 0 Å². The summed E-state index contributed by atoms with van der Waals surface area (Å²) in [6, 6.07) is 0. The third-order valence-electron chi connectivity index (χ3n) is 0.0899. The van der Waals surface area contributed by atoms with E-state index >= 15 is 0 Å². The molecular formula is H7CaFO8P2. The SMILES string of the molecule is O=P(O)(O)O.O=P(O)(O)OF.[CaH2]. The van der Waals surface area contributed by atoms with Crippen LogP contribution >= 0.6 is 15.6 Å². The van der Waals surface area contributed by atoms with Crippen molar-refractivity contribution in [1.29, 1.82) is 0 Å². The summed E-state index contributed by atoms with van der Waals surface area (Å²) >= 11 is 0. The van der Waals surface area contributed by atoms with E-state index in [4.69, 9.17) is 33.6 Å². The molecule has 0 fully saturated rings. The van der Waals surface area contributed by atoms with Crippen molar-refractivity contribution in [3.63, 3.8) is 0 Å². The second kappa shape index (κ2) is 7.78. The topological polar surface area (TPSA) is 145 Å². The summed E-state index contributed by atoms with van der Waals surface area (Å²) in [6.07, 6.45) is 0. The van der Waals surface area contributed by atoms with E-state index in [0.717, 1.165) is 0 Å². The minimum absolute atomic E-state index is 0. The van der Waals surface area contributed by atoms with E-state index in [9.17, 15) is 4.53 Å². The molecule has 0 rings (SSSR count). The average molecular weight is 256 g/mol. The monoisotopic (exact) mass is 256 g/mol. The Hall–Kier alpha value is 1.41. The van der Waals surface area contributed by atoms with Crippen LogP contribution in [0.5, 0.6) is 0 Å². The van der Waals surface area contributed by atoms with Crippen molar-refractivity contribution in [2.24, 2.45) is 0 Å². The van der Waals surface area contributed by atoms with Crippen LogP contribution in [-0.2, 0) is 13.9 Å². The van der Waals surface area contributed by atoms with E-state index in [0.29, 0.717) is 0 Å². The van der Waals surface area contributed by atoms with Gasteiger partial charge in [0.15, 0.2) is 0 Å². The molecule has 0 saturated heterocycles. The molecular weight excluding hydrogens is 249 g/mol. The van der Waals surface area contributed by atoms with Gasteiger partial charge in [0.2, 0.25) is 0 Å². The fourth-order valence-corrected chi connectivity index (χ4v) is 0. The van der Waals surface area contributed by atoms with Crippen LogP contribution in [0.15, 0.2) is 0 Å². The zero-order chi connectivity index (χ0) is 9.71. The fourth-order valence-electron chi connectivity index (χ4n) is 0. The van der Waals surface area contributed by atoms with Crippen LogP contribution in [0.2, 0.25) is 0 Å². The van der Waals surface area contributed by atoms with Crippen LogP contribution in [0, 0.1) is 0 Å². The molecule has 0 aliphatic carbocycles. The summed E-state index contributed by atoms with van der Waals surface area (Å²) in [5.74, 6) is 0. The molecule has 5 N–H and O–H groups in total. The minimum atomic E-state index is -4.81. The molecule has 0 aliphatic rings. The second-order valence-corrected chi connectivity index (χ2v) is 3.22. The number of rotatable bonds is 1. The van der Waals surface area contributed by atoms with Gasteiger partial charge in [0, 0.05) is 0 Å². The van der Waals surface area contributed by atoms with Gasteiger partial charge in [-0.05, 0) is 4.53 Å². The zero-order valence-electron chi connectivity index (χ0n) is 4.73. The van der Waals surface area contributed by atoms with Gasteiger partial charge in [-0.25, -0.2) is 9.13 Å². The van der Waals surface area contributed by atoms with Crippen molar-refractivity contribution >= 4 is 53.4 Å². The number of phosphoric acid groups is 2. The van der Waals surface area contributed by atoms with E-state index < -0.39 is 15.6 Å². The maximum atomic E-state index is 10.2. The van der Waals surface area contributed by atoms with Gasteiger partial charge in [0.05, 0.1) is 0 Å². The predicted molar refractivity (Wildman–Crippen MR) is 37.0 cm³/mol. The van der Waals surface area contributed by atoms with Crippen molar-refractivity contribution in [3.05, 3.63) is 0 Å². The van der Waals surface area contributed by atoms with Crippen molar-refractivity contribution in [3.8, 4) is 0 Å². The Morgan fingerprint density at radius 1 is 1.00 bits per heavy atom. The Balaban J connectivity index is -0.000000126. The molecule has 0 heterocycles. The molecule has 0 aromatic rings. The molecule has 0 saturated carbocycles. The van der Waals surface area contributed by atoms with Crippen LogP contribution in [-0.4, -0.2) is 62.2 Å². The Bertz CT molecular complexity index is 169. The zero-order valence-corrected chi connectivity index (χ0v) is 6.52. The van der Waals surface area contributed by atoms with Gasteiger partial charge < -0.3 is 24.5 Å². The van der Waals surface area contributed by atoms with Crippen molar-refractivity contribution in [2.75, 3.05) is 0 Å². The summed E-state index contributed by atoms with van der Waals surface area (Å²) in [6.45, 7) is 0. The molecule has 0 unspecified atom stereocenters. The normalized spacial score (nSPS) is 10.8. The van der Waals surface area contributed by atoms with Crippen LogP contribution in [0.1, 0.15) is 0 Å². The van der Waals surface area contributed by atoms with Gasteiger partial charge in [-0.15, -0.1) is 0 Å². The van der Waals surface area contributed by atoms with Crippen molar-refractivity contribution in [2.45, 2.75) is 0 Å². The van der Waals surface area contributed by atoms with Gasteiger partial charge >= 0.3 is 53.4 Å². The quantitative estimate of drug-likeness (QED) is 0.271. The summed E-state index contributed by atoms with van der Waals surface area (Å²) in [5.41, 5.74) is 0. The Labute approximate surface area is 95.7 Å². The maximum absolute atomic E-state index is 10.2. The van der Waals surface area contributed by atoms with Crippen LogP contribution in [0.3, 0.4) is 0 Å². The number of halogens is 1. The third-order valence-corrected chi connectivity index (χ3v) is 0.270. The fraction of sp³-hybridized carbons (Fsp3) is 0. The Kier molecular flexibility index (Phi) is 12.4. The third kappa shape index (κ3) is 63.6. The second-order valence-electron chi connectivity index (χ2n) is 1.07. The molecule has 0 aromatic heterocycles. The van der Waals surface area contributed by atoms with E-state index in [1.54, 1.807) is 0 Å². The van der Waals surface area contributed by atoms with E-state index in [-0.39, 0.29) is 37.7 Å². The summed E-state index contributed by atoms with van der Waals surface area (Å²) in [4.78, 5) is 36.2. The molecule has 0 aromatic carbocycles. The van der Waals surface area contributed by atoms with Crippen molar-refractivity contribution < 1.29 is 42.9 Å². The first kappa shape index (κ1) is 19.1. The first-order valence-corrected chi connectivity index (χ1v) is 4.80. The van der Waals surface area contributed by atoms with Gasteiger partial charge in [0.1, 0.15) is 0 Å². The molecule has 0 amide bonds. The molecule has 74 valence electrons. The Morgan fingerprint density at radius 3 is 1.08 bits per heavy atom. The van der Waals surface area contributed by atoms with Crippen LogP contribution in [0.25, 0.3) is 0 Å². The van der Waals surface area contributed by atoms with Crippen LogP contribution < -0.4 is 0 Å². The van der Waals surface area contributed by atoms with Crippen LogP contribution in [0.4, 0.5) is 4.53 Å². The average Bonchev–Trinajstić information content (AvgIpc) is 1.59. The summed E-state index contributed by atoms with van der Waals surface area (Å²) in [5, 5.41) is 0. The number of hydrogen-bond acceptors (Lipinski definition) is 3. The molecule has 0 atom stereocenters. The molecule has 0 spiro atoms. The molecule has 0 aliphatic heterocycles. The summed E-state index contributed by atoms with van der Waals surface area (Å²) < 4.78 is 30.3. The standard InChI is InChI=1S/Ca.FH2O4P.H3O4P.2H/c;1-5-6(2,3)4;1-5(2,3)4;;/h;(H2,2,3,4);(H3,1,2,3,4);;. The van der Waals surface area contributed by atoms with E-state index in [2.05, 4.69) is 4.73 Å². The first-order chi connectivity index (χ1) is 4.56. The first-order valence-electron chi connectivity index (χ1n) is 1.70. The Morgan fingerprint density at radius 2 is 1.08 bits per heavy atom. The molecule has 8 nitrogen and oxygen atoms in total. The summed E-state index contributed by atoms with van der Waals surface area (Å²) in [7, 11) is -9.45. The molecule has 12 heavy (non-hydrogen) atoms.